The van der Waals surface area contributed by atoms with E-state index in [2.05, 4.69) is 35.6 Å². The van der Waals surface area contributed by atoms with Crippen LogP contribution in [0.2, 0.25) is 15.1 Å². The zero-order valence-electron chi connectivity index (χ0n) is 36.1. The number of fused-ring (bicyclic) bond motifs is 3. The molecule has 3 aromatic heterocycles. The Labute approximate surface area is 424 Å². The van der Waals surface area contributed by atoms with E-state index in [1.165, 1.54) is 19.1 Å². The number of esters is 1. The number of carboxylic acid groups (broad SMARTS) is 1. The van der Waals surface area contributed by atoms with Gasteiger partial charge in [0.05, 0.1) is 52.9 Å². The van der Waals surface area contributed by atoms with Gasteiger partial charge in [0.1, 0.15) is 48.0 Å². The second kappa shape index (κ2) is 26.0. The number of amides is 3. The summed E-state index contributed by atoms with van der Waals surface area (Å²) in [6, 6.07) is 14.6. The summed E-state index contributed by atoms with van der Waals surface area (Å²) in [6.07, 6.45) is -2.11. The van der Waals surface area contributed by atoms with E-state index in [1.807, 2.05) is 0 Å². The van der Waals surface area contributed by atoms with Crippen LogP contribution in [0.25, 0.3) is 32.7 Å². The third-order valence-corrected chi connectivity index (χ3v) is 10.6. The molecule has 3 saturated heterocycles. The van der Waals surface area contributed by atoms with Crippen LogP contribution in [0.3, 0.4) is 0 Å². The maximum Gasteiger partial charge on any atom is 1.00 e. The van der Waals surface area contributed by atoms with Crippen molar-refractivity contribution in [3.63, 3.8) is 0 Å². The number of carboxylic acids is 1. The minimum absolute atomic E-state index is 0. The van der Waals surface area contributed by atoms with Gasteiger partial charge in [-0.1, -0.05) is 42.2 Å². The van der Waals surface area contributed by atoms with Crippen LogP contribution < -0.4 is 44.3 Å². The van der Waals surface area contributed by atoms with E-state index in [-0.39, 0.29) is 91.6 Å². The number of alkyl halides is 1. The first-order valence-corrected chi connectivity index (χ1v) is 21.4. The van der Waals surface area contributed by atoms with Crippen molar-refractivity contribution in [3.8, 4) is 17.2 Å². The van der Waals surface area contributed by atoms with Gasteiger partial charge < -0.3 is 75.0 Å². The maximum absolute atomic E-state index is 11.4. The first-order chi connectivity index (χ1) is 31.5. The van der Waals surface area contributed by atoms with Gasteiger partial charge in [0.2, 0.25) is 0 Å². The van der Waals surface area contributed by atoms with E-state index < -0.39 is 24.1 Å². The van der Waals surface area contributed by atoms with Gasteiger partial charge in [-0.25, -0.2) is 24.0 Å². The number of cyclic esters (lactones) is 3. The molecule has 6 aromatic rings. The Balaban J connectivity index is 0.000000250. The van der Waals surface area contributed by atoms with Gasteiger partial charge in [-0.3, -0.25) is 4.79 Å². The second-order valence-corrected chi connectivity index (χ2v) is 15.8. The molecule has 26 heteroatoms. The van der Waals surface area contributed by atoms with E-state index in [9.17, 15) is 33.9 Å². The number of hydrogen-bond acceptors (Lipinski definition) is 14. The molecular formula is C43H45Cl4LiN6O15. The molecular weight excluding hydrogens is 989 g/mol. The number of aromatic carboxylic acids is 1. The van der Waals surface area contributed by atoms with Gasteiger partial charge in [0, 0.05) is 57.8 Å². The normalized spacial score (nSPS) is 16.3. The summed E-state index contributed by atoms with van der Waals surface area (Å²) in [5.74, 6) is -0.295. The van der Waals surface area contributed by atoms with Crippen LogP contribution in [0.15, 0.2) is 54.6 Å². The molecule has 69 heavy (non-hydrogen) atoms. The van der Waals surface area contributed by atoms with Crippen LogP contribution in [0.4, 0.5) is 14.4 Å². The average Bonchev–Trinajstić information content (AvgIpc) is 4.15. The number of aromatic nitrogens is 3. The minimum atomic E-state index is -1.05. The number of phenols is 1. The van der Waals surface area contributed by atoms with Crippen molar-refractivity contribution in [2.75, 3.05) is 45.3 Å². The zero-order chi connectivity index (χ0) is 47.7. The van der Waals surface area contributed by atoms with Gasteiger partial charge in [-0.15, -0.1) is 11.6 Å². The minimum Gasteiger partial charge on any atom is -0.870 e. The number of Topliss-reactive ketones (excluding diaryl/α,β-unsaturated/α-hetero) is 1. The van der Waals surface area contributed by atoms with Crippen LogP contribution in [0, 0.1) is 0 Å². The smallest absolute Gasteiger partial charge is 0.870 e. The Morgan fingerprint density at radius 3 is 1.46 bits per heavy atom. The van der Waals surface area contributed by atoms with E-state index in [1.54, 1.807) is 49.4 Å². The summed E-state index contributed by atoms with van der Waals surface area (Å²) in [5, 5.41) is 29.2. The number of carbonyl (C=O) groups excluding carboxylic acids is 5. The molecule has 3 unspecified atom stereocenters. The Morgan fingerprint density at radius 2 is 1.06 bits per heavy atom. The van der Waals surface area contributed by atoms with Gasteiger partial charge in [-0.05, 0) is 43.3 Å². The first kappa shape index (κ1) is 57.1. The summed E-state index contributed by atoms with van der Waals surface area (Å²) in [7, 11) is 0. The Kier molecular flexibility index (Phi) is 21.5. The van der Waals surface area contributed by atoms with Crippen molar-refractivity contribution in [2.24, 2.45) is 0 Å². The molecule has 3 atom stereocenters. The SMILES string of the molecule is C.CC(=O)c1cc2cc(Cl)c(OCC3CNC(=O)O3)cc2[nH]1.CCOC(=O)c1cc2cc(Cl)c(O)cc2[nH]1.O=C1NCC(CCl)O1.O=C1NCC(COc2cc3[nH]c(C(=O)O)cc3cc2Cl)O1.[Li+].[OH-]. The third-order valence-electron chi connectivity index (χ3n) is 9.40. The molecule has 366 valence electrons. The molecule has 6 heterocycles. The number of halogens is 4. The predicted octanol–water partition coefficient (Wildman–Crippen LogP) is 5.02. The van der Waals surface area contributed by atoms with Gasteiger partial charge in [0.25, 0.3) is 0 Å². The maximum atomic E-state index is 11.4. The average molecular weight is 1030 g/mol. The molecule has 9 rings (SSSR count). The number of aromatic hydroxyl groups is 1. The van der Waals surface area contributed by atoms with Crippen LogP contribution in [0.5, 0.6) is 17.2 Å². The van der Waals surface area contributed by atoms with Crippen molar-refractivity contribution < 1.29 is 91.7 Å². The summed E-state index contributed by atoms with van der Waals surface area (Å²) in [5.41, 5.74) is 2.96. The van der Waals surface area contributed by atoms with Crippen LogP contribution in [-0.4, -0.2) is 130 Å². The number of hydrogen-bond donors (Lipinski definition) is 8. The quantitative estimate of drug-likeness (QED) is 0.0278. The van der Waals surface area contributed by atoms with Gasteiger partial charge in [-0.2, -0.15) is 0 Å². The number of ether oxygens (including phenoxy) is 6. The molecule has 21 nitrogen and oxygen atoms in total. The number of alkyl carbamates (subject to hydrolysis) is 3. The molecule has 9 N–H and O–H groups in total. The van der Waals surface area contributed by atoms with Gasteiger partial charge in [0.15, 0.2) is 18.0 Å². The summed E-state index contributed by atoms with van der Waals surface area (Å²) in [4.78, 5) is 74.4. The zero-order valence-corrected chi connectivity index (χ0v) is 39.2. The Bertz CT molecular complexity index is 2640. The molecule has 0 bridgehead atoms. The number of aromatic amines is 3. The van der Waals surface area contributed by atoms with Crippen molar-refractivity contribution >= 4 is 115 Å². The number of H-pyrrole nitrogens is 3. The predicted molar refractivity (Wildman–Crippen MR) is 250 cm³/mol. The number of phenolic OH excluding ortho intramolecular Hbond substituents is 1. The monoisotopic (exact) mass is 1030 g/mol. The molecule has 0 saturated carbocycles. The van der Waals surface area contributed by atoms with Crippen molar-refractivity contribution in [1.82, 2.24) is 30.9 Å². The van der Waals surface area contributed by atoms with Crippen molar-refractivity contribution in [3.05, 3.63) is 86.7 Å². The number of rotatable bonds is 11. The fraction of sp³-hybridized carbons (Fsp3) is 0.302. The number of ketones is 1. The number of carbonyl (C=O) groups is 6. The van der Waals surface area contributed by atoms with Crippen LogP contribution in [-0.2, 0) is 18.9 Å². The molecule has 0 spiro atoms. The summed E-state index contributed by atoms with van der Waals surface area (Å²) in [6.45, 7) is 5.26. The molecule has 0 aliphatic carbocycles. The molecule has 3 aliphatic rings. The van der Waals surface area contributed by atoms with Gasteiger partial charge >= 0.3 is 49.1 Å². The molecule has 3 amide bonds. The van der Waals surface area contributed by atoms with E-state index in [0.29, 0.717) is 81.5 Å². The third kappa shape index (κ3) is 15.4. The van der Waals surface area contributed by atoms with Crippen molar-refractivity contribution in [2.45, 2.75) is 39.6 Å². The van der Waals surface area contributed by atoms with E-state index in [4.69, 9.17) is 75.2 Å². The van der Waals surface area contributed by atoms with E-state index in [0.717, 1.165) is 16.3 Å². The standard InChI is InChI=1S/C14H13ClN2O4.C13H11ClN2O5.C11H10ClNO3.C4H6ClNO2.CH4.Li.H2O/c1-7(18)11-3-8-2-10(15)13(4-12(8)17-11)20-6-9-5-16-14(19)21-9;14-8-1-6-2-10(12(17)18)16-9(6)3-11(8)20-5-7-4-15-13(19)21-7;1-2-16-11(15)9-4-6-3-7(12)10(14)5-8(6)13-9;5-1-3-2-6-4(7)8-3;;;/h2-4,9,17H,5-6H2,1H3,(H,16,19);1-3,7,16H,4-5H2,(H,15,19)(H,17,18);3-5,13-14H,2H2,1H3;3H,1-2H2,(H,6,7);1H4;;1H2/q;;;;;+1;/p-1. The van der Waals surface area contributed by atoms with E-state index >= 15 is 0 Å². The van der Waals surface area contributed by atoms with Crippen molar-refractivity contribution in [1.29, 1.82) is 0 Å². The number of nitrogens with one attached hydrogen (secondary N) is 6. The number of benzene rings is 3. The van der Waals surface area contributed by atoms with Crippen LogP contribution in [0.1, 0.15) is 52.7 Å². The second-order valence-electron chi connectivity index (χ2n) is 14.3. The summed E-state index contributed by atoms with van der Waals surface area (Å²) >= 11 is 23.4. The molecule has 3 aliphatic heterocycles. The fourth-order valence-electron chi connectivity index (χ4n) is 6.19. The molecule has 3 fully saturated rings. The fourth-order valence-corrected chi connectivity index (χ4v) is 6.98. The summed E-state index contributed by atoms with van der Waals surface area (Å²) < 4.78 is 30.5. The Morgan fingerprint density at radius 1 is 0.652 bits per heavy atom. The first-order valence-electron chi connectivity index (χ1n) is 19.7. The topological polar surface area (TPSA) is 312 Å². The molecule has 0 radical (unpaired) electrons. The molecule has 3 aromatic carbocycles. The Hall–Kier alpha value is -6.18. The largest absolute Gasteiger partial charge is 1.00 e. The van der Waals surface area contributed by atoms with Crippen LogP contribution >= 0.6 is 46.4 Å².